The molecule has 2 fully saturated rings. The second-order valence-corrected chi connectivity index (χ2v) is 21.4. The number of phenols is 2. The first-order chi connectivity index (χ1) is 36.6. The molecular weight excluding hydrogens is 1040 g/mol. The van der Waals surface area contributed by atoms with Crippen molar-refractivity contribution in [2.75, 3.05) is 39.3 Å². The quantitative estimate of drug-likeness (QED) is 0.0667. The minimum Gasteiger partial charge on any atom is -0.508 e. The van der Waals surface area contributed by atoms with Gasteiger partial charge in [0.05, 0.1) is 29.9 Å². The van der Waals surface area contributed by atoms with Gasteiger partial charge in [-0.2, -0.15) is 18.3 Å². The number of piperidine rings is 2. The van der Waals surface area contributed by atoms with E-state index in [1.807, 2.05) is 78.8 Å². The van der Waals surface area contributed by atoms with Crippen molar-refractivity contribution in [3.63, 3.8) is 0 Å². The average molecular weight is 1100 g/mol. The molecule has 3 aromatic carbocycles. The fourth-order valence-corrected chi connectivity index (χ4v) is 11.1. The molecule has 3 aliphatic rings. The third kappa shape index (κ3) is 12.7. The zero-order valence-electron chi connectivity index (χ0n) is 42.9. The van der Waals surface area contributed by atoms with Gasteiger partial charge in [0.15, 0.2) is 11.6 Å². The summed E-state index contributed by atoms with van der Waals surface area (Å²) in [6, 6.07) is 17.4. The number of hydrogen-bond donors (Lipinski definition) is 6. The third-order valence-electron chi connectivity index (χ3n) is 14.2. The van der Waals surface area contributed by atoms with E-state index in [2.05, 4.69) is 49.8 Å². The lowest BCUT2D eigenvalue weighted by molar-refractivity contribution is -0.192. The van der Waals surface area contributed by atoms with Gasteiger partial charge in [-0.3, -0.25) is 28.8 Å². The monoisotopic (exact) mass is 1100 g/mol. The summed E-state index contributed by atoms with van der Waals surface area (Å²) in [5.41, 5.74) is 5.88. The summed E-state index contributed by atoms with van der Waals surface area (Å²) in [7, 11) is 0. The maximum Gasteiger partial charge on any atom is 0.490 e. The molecule has 3 amide bonds. The first-order valence-electron chi connectivity index (χ1n) is 25.1. The predicted molar refractivity (Wildman–Crippen MR) is 282 cm³/mol. The van der Waals surface area contributed by atoms with Crippen LogP contribution < -0.4 is 16.3 Å². The molecule has 0 radical (unpaired) electrons. The molecule has 3 aromatic heterocycles. The number of carboxylic acids is 1. The molecule has 77 heavy (non-hydrogen) atoms. The van der Waals surface area contributed by atoms with Gasteiger partial charge in [0.25, 0.3) is 0 Å². The Hall–Kier alpha value is -7.37. The molecule has 9 rings (SSSR count). The lowest BCUT2D eigenvalue weighted by Crippen LogP contribution is -2.47. The number of nitrogens with zero attached hydrogens (tertiary/aromatic N) is 8. The van der Waals surface area contributed by atoms with E-state index in [0.29, 0.717) is 59.7 Å². The molecule has 6 N–H and O–H groups in total. The number of aryl methyl sites for hydroxylation is 2. The predicted octanol–water partition coefficient (Wildman–Crippen LogP) is 7.28. The number of aliphatic carboxylic acids is 1. The number of thiophene rings is 1. The molecule has 408 valence electrons. The molecule has 0 aliphatic carbocycles. The maximum atomic E-state index is 13.7. The van der Waals surface area contributed by atoms with Crippen LogP contribution >= 0.6 is 22.9 Å². The second kappa shape index (κ2) is 23.5. The van der Waals surface area contributed by atoms with Crippen LogP contribution in [0.15, 0.2) is 70.5 Å². The highest BCUT2D eigenvalue weighted by molar-refractivity contribution is 7.15. The first kappa shape index (κ1) is 55.9. The number of amides is 3. The molecule has 6 aromatic rings. The van der Waals surface area contributed by atoms with E-state index in [1.165, 1.54) is 10.6 Å². The summed E-state index contributed by atoms with van der Waals surface area (Å²) < 4.78 is 35.1. The number of rotatable bonds is 13. The summed E-state index contributed by atoms with van der Waals surface area (Å²) in [6.07, 6.45) is -1.99. The van der Waals surface area contributed by atoms with Gasteiger partial charge in [-0.1, -0.05) is 49.7 Å². The summed E-state index contributed by atoms with van der Waals surface area (Å²) in [5.74, 6) is -1.67. The number of carboxylic acid groups (broad SMARTS) is 1. The van der Waals surface area contributed by atoms with Gasteiger partial charge in [0, 0.05) is 59.2 Å². The largest absolute Gasteiger partial charge is 0.508 e. The van der Waals surface area contributed by atoms with Crippen molar-refractivity contribution in [2.45, 2.75) is 91.4 Å². The van der Waals surface area contributed by atoms with E-state index < -0.39 is 23.9 Å². The highest BCUT2D eigenvalue weighted by atomic mass is 35.5. The zero-order chi connectivity index (χ0) is 55.5. The van der Waals surface area contributed by atoms with Crippen LogP contribution in [0.3, 0.4) is 0 Å². The average Bonchev–Trinajstić information content (AvgIpc) is 4.05. The fourth-order valence-electron chi connectivity index (χ4n) is 9.79. The number of benzene rings is 3. The molecule has 3 aliphatic heterocycles. The van der Waals surface area contributed by atoms with E-state index in [0.717, 1.165) is 76.6 Å². The van der Waals surface area contributed by atoms with E-state index in [4.69, 9.17) is 26.5 Å². The number of phenolic OH excluding ortho intramolecular Hbond substituents is 2. The minimum absolute atomic E-state index is 0.0116. The summed E-state index contributed by atoms with van der Waals surface area (Å²) in [4.78, 5) is 72.5. The van der Waals surface area contributed by atoms with Crippen LogP contribution in [-0.2, 0) is 25.7 Å². The number of alkyl halides is 3. The number of nitrogens with one attached hydrogen (secondary N) is 3. The summed E-state index contributed by atoms with van der Waals surface area (Å²) in [5, 5.41) is 51.0. The Morgan fingerprint density at radius 2 is 1.53 bits per heavy atom. The lowest BCUT2D eigenvalue weighted by atomic mass is 9.92. The highest BCUT2D eigenvalue weighted by Crippen LogP contribution is 2.40. The highest BCUT2D eigenvalue weighted by Gasteiger charge is 2.38. The van der Waals surface area contributed by atoms with E-state index in [1.54, 1.807) is 17.4 Å². The van der Waals surface area contributed by atoms with Crippen LogP contribution in [-0.4, -0.2) is 129 Å². The van der Waals surface area contributed by atoms with Gasteiger partial charge in [-0.15, -0.1) is 21.5 Å². The Kier molecular flexibility index (Phi) is 17.0. The van der Waals surface area contributed by atoms with Crippen molar-refractivity contribution in [1.82, 2.24) is 50.0 Å². The maximum absolute atomic E-state index is 13.7. The van der Waals surface area contributed by atoms with Crippen LogP contribution in [0, 0.1) is 32.6 Å². The van der Waals surface area contributed by atoms with Crippen LogP contribution in [0.4, 0.5) is 13.2 Å². The van der Waals surface area contributed by atoms with Crippen molar-refractivity contribution < 1.29 is 47.7 Å². The Labute approximate surface area is 449 Å². The zero-order valence-corrected chi connectivity index (χ0v) is 44.5. The molecular formula is C53H59ClF3N11O8S. The lowest BCUT2D eigenvalue weighted by Gasteiger charge is -2.37. The van der Waals surface area contributed by atoms with Crippen molar-refractivity contribution in [1.29, 1.82) is 0 Å². The number of halogens is 4. The summed E-state index contributed by atoms with van der Waals surface area (Å²) in [6.45, 7) is 13.8. The van der Waals surface area contributed by atoms with Gasteiger partial charge < -0.3 is 30.9 Å². The van der Waals surface area contributed by atoms with Crippen LogP contribution in [0.1, 0.15) is 102 Å². The SMILES string of the molecule is Cc1sc2c(c1C)C(c1ccc(Cl)cc1)=N[C@@H](CC(=O)NCC(=O)NCC1CCN(C(=O)C3CCN(Cc4ccc(-n5c(-c6cc(C(C)C)c(O)cc6O)n[nH]c5=O)cc4)CC3)CC1)c1nnc(C)n1-2.O=C(O)C(F)(F)F. The Bertz CT molecular complexity index is 3240. The van der Waals surface area contributed by atoms with Crippen molar-refractivity contribution in [3.05, 3.63) is 121 Å². The minimum atomic E-state index is -5.08. The standard InChI is InChI=1S/C51H58ClN11O6S.C2HF3O2/c1-28(2)38-22-39(42(65)24-41(38)64)47-57-59-51(69)63(47)37-12-6-33(7-13-37)27-60-18-16-35(17-19-60)49(68)61-20-14-32(15-21-61)25-53-44(67)26-54-43(66)23-40-48-58-56-31(5)62(48)50-45(29(3)30(4)70-50)46(55-40)34-8-10-36(52)11-9-34;3-2(4,5)1(6)7/h6-13,22,24,28,32,35,40,64-65H,14-21,23,25-27H2,1-5H3,(H,53,67)(H,54,66)(H,59,69);(H,6,7)/t40-;/m0./s1. The Morgan fingerprint density at radius 3 is 2.17 bits per heavy atom. The van der Waals surface area contributed by atoms with E-state index in [9.17, 15) is 42.6 Å². The summed E-state index contributed by atoms with van der Waals surface area (Å²) >= 11 is 7.89. The van der Waals surface area contributed by atoms with Crippen LogP contribution in [0.5, 0.6) is 11.5 Å². The first-order valence-corrected chi connectivity index (χ1v) is 26.3. The van der Waals surface area contributed by atoms with Gasteiger partial charge in [0.1, 0.15) is 28.4 Å². The van der Waals surface area contributed by atoms with Gasteiger partial charge >= 0.3 is 17.8 Å². The Balaban J connectivity index is 0.00000105. The number of aromatic hydroxyl groups is 2. The van der Waals surface area contributed by atoms with E-state index in [-0.39, 0.29) is 65.8 Å². The second-order valence-electron chi connectivity index (χ2n) is 19.7. The number of carbonyl (C=O) groups is 4. The van der Waals surface area contributed by atoms with Gasteiger partial charge in [0.2, 0.25) is 17.7 Å². The molecule has 0 saturated carbocycles. The number of hydrogen-bond acceptors (Lipinski definition) is 13. The third-order valence-corrected chi connectivity index (χ3v) is 15.6. The number of H-pyrrole nitrogens is 1. The van der Waals surface area contributed by atoms with Gasteiger partial charge in [-0.05, 0) is 118 Å². The van der Waals surface area contributed by atoms with Crippen molar-refractivity contribution >= 4 is 52.3 Å². The number of likely N-dealkylation sites (tertiary alicyclic amines) is 2. The molecule has 0 bridgehead atoms. The number of aromatic amines is 1. The van der Waals surface area contributed by atoms with Crippen LogP contribution in [0.25, 0.3) is 22.1 Å². The molecule has 2 saturated heterocycles. The molecule has 6 heterocycles. The number of aliphatic imine (C=N–C) groups is 1. The van der Waals surface area contributed by atoms with Gasteiger partial charge in [-0.25, -0.2) is 19.3 Å². The van der Waals surface area contributed by atoms with E-state index >= 15 is 0 Å². The number of carbonyl (C=O) groups excluding carboxylic acids is 3. The smallest absolute Gasteiger partial charge is 0.490 e. The van der Waals surface area contributed by atoms with Crippen LogP contribution in [0.2, 0.25) is 5.02 Å². The number of fused-ring (bicyclic) bond motifs is 3. The molecule has 0 spiro atoms. The van der Waals surface area contributed by atoms with Crippen molar-refractivity contribution in [2.24, 2.45) is 16.8 Å². The Morgan fingerprint density at radius 1 is 0.870 bits per heavy atom. The molecule has 0 unspecified atom stereocenters. The fraction of sp³-hybridized carbons (Fsp3) is 0.415. The molecule has 1 atom stereocenters. The topological polar surface area (TPSA) is 253 Å². The molecule has 24 heteroatoms. The number of aromatic nitrogens is 6. The molecule has 19 nitrogen and oxygen atoms in total. The van der Waals surface area contributed by atoms with Crippen molar-refractivity contribution in [3.8, 4) is 33.6 Å². The normalized spacial score (nSPS) is 16.2.